The quantitative estimate of drug-likeness (QED) is 0.815. The molecule has 1 rings (SSSR count). The molecule has 0 spiro atoms. The summed E-state index contributed by atoms with van der Waals surface area (Å²) in [6.45, 7) is 8.74. The number of tetrazole rings is 1. The minimum atomic E-state index is -0.788. The van der Waals surface area contributed by atoms with Crippen LogP contribution >= 0.6 is 0 Å². The van der Waals surface area contributed by atoms with Crippen LogP contribution in [0.3, 0.4) is 0 Å². The number of carbonyl (C=O) groups is 1. The van der Waals surface area contributed by atoms with E-state index in [9.17, 15) is 4.79 Å². The number of carboxylic acid groups (broad SMARTS) is 1. The highest BCUT2D eigenvalue weighted by Crippen LogP contribution is 2.21. The van der Waals surface area contributed by atoms with Crippen LogP contribution < -0.4 is 0 Å². The largest absolute Gasteiger partial charge is 0.481 e. The Hall–Kier alpha value is -1.46. The Kier molecular flexibility index (Phi) is 4.60. The van der Waals surface area contributed by atoms with Gasteiger partial charge in [0.05, 0.1) is 0 Å². The van der Waals surface area contributed by atoms with Gasteiger partial charge < -0.3 is 5.11 Å². The van der Waals surface area contributed by atoms with Gasteiger partial charge in [0.2, 0.25) is 0 Å². The first-order valence-corrected chi connectivity index (χ1v) is 5.89. The van der Waals surface area contributed by atoms with E-state index in [2.05, 4.69) is 36.3 Å². The summed E-state index contributed by atoms with van der Waals surface area (Å²) in [5.74, 6) is 0.784. The lowest BCUT2D eigenvalue weighted by atomic mass is 9.97. The first-order chi connectivity index (χ1) is 7.91. The van der Waals surface area contributed by atoms with E-state index in [4.69, 9.17) is 5.11 Å². The van der Waals surface area contributed by atoms with Crippen LogP contribution in [0, 0.1) is 11.8 Å². The smallest absolute Gasteiger partial charge is 0.303 e. The molecule has 0 aromatic carbocycles. The summed E-state index contributed by atoms with van der Waals surface area (Å²) in [6.07, 6.45) is 0.134. The van der Waals surface area contributed by atoms with E-state index >= 15 is 0 Å². The highest BCUT2D eigenvalue weighted by atomic mass is 16.4. The number of aromatic nitrogens is 4. The van der Waals surface area contributed by atoms with Gasteiger partial charge in [-0.15, -0.1) is 5.10 Å². The van der Waals surface area contributed by atoms with Crippen LogP contribution in [0.1, 0.15) is 45.9 Å². The zero-order valence-electron chi connectivity index (χ0n) is 10.8. The molecule has 0 saturated carbocycles. The van der Waals surface area contributed by atoms with Gasteiger partial charge in [-0.05, 0) is 22.3 Å². The molecule has 96 valence electrons. The second-order valence-corrected chi connectivity index (χ2v) is 4.95. The molecule has 0 aliphatic carbocycles. The predicted octanol–water partition coefficient (Wildman–Crippen LogP) is 1.54. The van der Waals surface area contributed by atoms with Crippen molar-refractivity contribution in [2.24, 2.45) is 11.8 Å². The van der Waals surface area contributed by atoms with E-state index in [-0.39, 0.29) is 18.3 Å². The summed E-state index contributed by atoms with van der Waals surface area (Å²) in [7, 11) is 0. The van der Waals surface area contributed by atoms with Gasteiger partial charge in [0.1, 0.15) is 0 Å². The first kappa shape index (κ1) is 13.6. The number of rotatable bonds is 6. The minimum absolute atomic E-state index is 0.0223. The van der Waals surface area contributed by atoms with Gasteiger partial charge in [-0.25, -0.2) is 4.68 Å². The Morgan fingerprint density at radius 1 is 1.35 bits per heavy atom. The second kappa shape index (κ2) is 5.75. The number of hydrogen-bond acceptors (Lipinski definition) is 4. The molecule has 1 aromatic heterocycles. The molecule has 0 amide bonds. The third kappa shape index (κ3) is 3.80. The van der Waals surface area contributed by atoms with Crippen molar-refractivity contribution in [1.82, 2.24) is 20.2 Å². The fourth-order valence-electron chi connectivity index (χ4n) is 1.62. The fourth-order valence-corrected chi connectivity index (χ4v) is 1.62. The van der Waals surface area contributed by atoms with Crippen molar-refractivity contribution in [2.75, 3.05) is 0 Å². The van der Waals surface area contributed by atoms with Gasteiger partial charge in [-0.3, -0.25) is 4.79 Å². The molecule has 1 N–H and O–H groups in total. The van der Waals surface area contributed by atoms with Crippen LogP contribution in [0.25, 0.3) is 0 Å². The molecule has 0 aliphatic heterocycles. The van der Waals surface area contributed by atoms with Crippen LogP contribution in [0.15, 0.2) is 0 Å². The maximum absolute atomic E-state index is 10.6. The third-order valence-electron chi connectivity index (χ3n) is 2.97. The molecule has 1 heterocycles. The van der Waals surface area contributed by atoms with E-state index in [0.717, 1.165) is 5.82 Å². The molecule has 0 bridgehead atoms. The van der Waals surface area contributed by atoms with Gasteiger partial charge in [0.15, 0.2) is 5.82 Å². The molecule has 0 saturated heterocycles. The van der Waals surface area contributed by atoms with Crippen molar-refractivity contribution in [2.45, 2.75) is 46.6 Å². The van der Waals surface area contributed by atoms with Crippen molar-refractivity contribution < 1.29 is 9.90 Å². The fraction of sp³-hybridized carbons (Fsp3) is 0.818. The SMILES string of the molecule is CC(CC(=O)O)Cn1nnnc1C(C)C(C)C. The lowest BCUT2D eigenvalue weighted by Crippen LogP contribution is -2.18. The number of nitrogens with zero attached hydrogens (tertiary/aromatic N) is 4. The average molecular weight is 240 g/mol. The van der Waals surface area contributed by atoms with Crippen LogP contribution in [0.2, 0.25) is 0 Å². The van der Waals surface area contributed by atoms with Gasteiger partial charge in [-0.1, -0.05) is 27.7 Å². The highest BCUT2D eigenvalue weighted by molar-refractivity contribution is 5.66. The topological polar surface area (TPSA) is 80.9 Å². The maximum Gasteiger partial charge on any atom is 0.303 e. The van der Waals surface area contributed by atoms with Crippen LogP contribution in [-0.4, -0.2) is 31.3 Å². The summed E-state index contributed by atoms with van der Waals surface area (Å²) >= 11 is 0. The van der Waals surface area contributed by atoms with E-state index in [1.54, 1.807) is 4.68 Å². The molecule has 0 aliphatic rings. The summed E-state index contributed by atoms with van der Waals surface area (Å²) in [5, 5.41) is 20.3. The lowest BCUT2D eigenvalue weighted by molar-refractivity contribution is -0.138. The van der Waals surface area contributed by atoms with Crippen molar-refractivity contribution in [3.63, 3.8) is 0 Å². The molecule has 1 aromatic rings. The molecule has 2 unspecified atom stereocenters. The second-order valence-electron chi connectivity index (χ2n) is 4.95. The van der Waals surface area contributed by atoms with Gasteiger partial charge >= 0.3 is 5.97 Å². The van der Waals surface area contributed by atoms with Crippen molar-refractivity contribution >= 4 is 5.97 Å². The lowest BCUT2D eigenvalue weighted by Gasteiger charge is -2.16. The van der Waals surface area contributed by atoms with Crippen molar-refractivity contribution in [1.29, 1.82) is 0 Å². The first-order valence-electron chi connectivity index (χ1n) is 5.89. The summed E-state index contributed by atoms with van der Waals surface area (Å²) in [5.41, 5.74) is 0. The molecule has 6 heteroatoms. The molecule has 17 heavy (non-hydrogen) atoms. The van der Waals surface area contributed by atoms with Crippen molar-refractivity contribution in [3.05, 3.63) is 5.82 Å². The third-order valence-corrected chi connectivity index (χ3v) is 2.97. The zero-order chi connectivity index (χ0) is 13.0. The standard InChI is InChI=1S/C11H20N4O2/c1-7(2)9(4)11-12-13-14-15(11)6-8(3)5-10(16)17/h7-9H,5-6H2,1-4H3,(H,16,17). The number of carboxylic acids is 1. The van der Waals surface area contributed by atoms with E-state index in [1.807, 2.05) is 6.92 Å². The van der Waals surface area contributed by atoms with Gasteiger partial charge in [0, 0.05) is 18.9 Å². The maximum atomic E-state index is 10.6. The molecular formula is C11H20N4O2. The van der Waals surface area contributed by atoms with Crippen LogP contribution in [0.4, 0.5) is 0 Å². The monoisotopic (exact) mass is 240 g/mol. The van der Waals surface area contributed by atoms with Crippen LogP contribution in [0.5, 0.6) is 0 Å². The summed E-state index contributed by atoms with van der Waals surface area (Å²) < 4.78 is 1.72. The van der Waals surface area contributed by atoms with E-state index in [1.165, 1.54) is 0 Å². The Morgan fingerprint density at radius 2 is 2.00 bits per heavy atom. The van der Waals surface area contributed by atoms with Crippen molar-refractivity contribution in [3.8, 4) is 0 Å². The molecule has 2 atom stereocenters. The highest BCUT2D eigenvalue weighted by Gasteiger charge is 2.19. The molecule has 0 fully saturated rings. The van der Waals surface area contributed by atoms with Gasteiger partial charge in [0.25, 0.3) is 0 Å². The van der Waals surface area contributed by atoms with Gasteiger partial charge in [-0.2, -0.15) is 0 Å². The van der Waals surface area contributed by atoms with E-state index < -0.39 is 5.97 Å². The minimum Gasteiger partial charge on any atom is -0.481 e. The normalized spacial score (nSPS) is 14.9. The predicted molar refractivity (Wildman–Crippen MR) is 62.5 cm³/mol. The van der Waals surface area contributed by atoms with E-state index in [0.29, 0.717) is 12.5 Å². The Labute approximate surface area is 101 Å². The Balaban J connectivity index is 2.72. The number of aliphatic carboxylic acids is 1. The number of hydrogen-bond donors (Lipinski definition) is 1. The average Bonchev–Trinajstić information content (AvgIpc) is 2.62. The zero-order valence-corrected chi connectivity index (χ0v) is 10.8. The summed E-state index contributed by atoms with van der Waals surface area (Å²) in [4.78, 5) is 10.6. The molecule has 0 radical (unpaired) electrons. The molecular weight excluding hydrogens is 220 g/mol. The Bertz CT molecular complexity index is 375. The molecule has 6 nitrogen and oxygen atoms in total. The Morgan fingerprint density at radius 3 is 2.53 bits per heavy atom. The van der Waals surface area contributed by atoms with Crippen LogP contribution in [-0.2, 0) is 11.3 Å². The summed E-state index contributed by atoms with van der Waals surface area (Å²) in [6, 6.07) is 0.